The molecule has 2 rings (SSSR count). The number of hydrogen-bond acceptors (Lipinski definition) is 6. The third-order valence-corrected chi connectivity index (χ3v) is 6.77. The molecule has 0 aliphatic rings. The summed E-state index contributed by atoms with van der Waals surface area (Å²) in [5, 5.41) is 8.66. The van der Waals surface area contributed by atoms with Crippen molar-refractivity contribution in [1.29, 1.82) is 0 Å². The topological polar surface area (TPSA) is 61.6 Å². The predicted octanol–water partition coefficient (Wildman–Crippen LogP) is 4.53. The van der Waals surface area contributed by atoms with Crippen molar-refractivity contribution in [3.8, 4) is 0 Å². The molecule has 1 unspecified atom stereocenters. The maximum atomic E-state index is 6.10. The molecule has 0 spiro atoms. The van der Waals surface area contributed by atoms with E-state index in [1.54, 1.807) is 6.08 Å². The van der Waals surface area contributed by atoms with Crippen LogP contribution in [0.15, 0.2) is 36.9 Å². The van der Waals surface area contributed by atoms with Crippen LogP contribution >= 0.6 is 0 Å². The summed E-state index contributed by atoms with van der Waals surface area (Å²) >= 11 is 0. The zero-order valence-corrected chi connectivity index (χ0v) is 22.1. The molecule has 0 aliphatic carbocycles. The van der Waals surface area contributed by atoms with Crippen molar-refractivity contribution in [3.63, 3.8) is 0 Å². The standard InChI is InChI=1S/C22H40N4O3Si2/c1-8-17-27-22(26-21-12-10-9-11-20(21)23-24-26)13-14-25(15-18-28-30(2,3)4)16-19-29-31(5,6)7/h8-12,22H,1,13-19H2,2-7H3. The quantitative estimate of drug-likeness (QED) is 0.285. The molecule has 0 radical (unpaired) electrons. The highest BCUT2D eigenvalue weighted by Crippen LogP contribution is 2.20. The van der Waals surface area contributed by atoms with E-state index in [4.69, 9.17) is 13.6 Å². The predicted molar refractivity (Wildman–Crippen MR) is 132 cm³/mol. The molecule has 0 bridgehead atoms. The summed E-state index contributed by atoms with van der Waals surface area (Å²) < 4.78 is 20.2. The van der Waals surface area contributed by atoms with Crippen LogP contribution in [0.3, 0.4) is 0 Å². The van der Waals surface area contributed by atoms with Crippen LogP contribution in [-0.4, -0.2) is 76.0 Å². The number of hydrogen-bond donors (Lipinski definition) is 0. The van der Waals surface area contributed by atoms with Crippen molar-refractivity contribution >= 4 is 27.7 Å². The summed E-state index contributed by atoms with van der Waals surface area (Å²) in [6.45, 7) is 21.7. The van der Waals surface area contributed by atoms with Gasteiger partial charge in [-0.3, -0.25) is 4.90 Å². The molecular formula is C22H40N4O3Si2. The van der Waals surface area contributed by atoms with Gasteiger partial charge in [0, 0.05) is 39.3 Å². The number of nitrogens with zero attached hydrogens (tertiary/aromatic N) is 4. The van der Waals surface area contributed by atoms with Crippen molar-refractivity contribution in [2.45, 2.75) is 51.9 Å². The van der Waals surface area contributed by atoms with Crippen molar-refractivity contribution < 1.29 is 13.6 Å². The first-order chi connectivity index (χ1) is 14.6. The molecule has 2 aromatic rings. The molecule has 9 heteroatoms. The lowest BCUT2D eigenvalue weighted by Crippen LogP contribution is -2.38. The molecule has 0 saturated heterocycles. The molecule has 1 atom stereocenters. The Morgan fingerprint density at radius 3 is 2.19 bits per heavy atom. The van der Waals surface area contributed by atoms with Crippen LogP contribution in [0.4, 0.5) is 0 Å². The second-order valence-electron chi connectivity index (χ2n) is 9.65. The minimum Gasteiger partial charge on any atom is -0.416 e. The maximum absolute atomic E-state index is 6.10. The van der Waals surface area contributed by atoms with Gasteiger partial charge in [0.1, 0.15) is 5.52 Å². The molecular weight excluding hydrogens is 424 g/mol. The Hall–Kier alpha value is -1.37. The molecule has 1 aromatic carbocycles. The van der Waals surface area contributed by atoms with Crippen LogP contribution < -0.4 is 0 Å². The molecule has 1 aromatic heterocycles. The van der Waals surface area contributed by atoms with E-state index in [9.17, 15) is 0 Å². The lowest BCUT2D eigenvalue weighted by molar-refractivity contribution is -0.00192. The summed E-state index contributed by atoms with van der Waals surface area (Å²) in [6, 6.07) is 7.97. The van der Waals surface area contributed by atoms with Gasteiger partial charge in [0.15, 0.2) is 22.9 Å². The summed E-state index contributed by atoms with van der Waals surface area (Å²) in [4.78, 5) is 2.41. The fourth-order valence-corrected chi connectivity index (χ4v) is 4.55. The molecule has 31 heavy (non-hydrogen) atoms. The second-order valence-corrected chi connectivity index (χ2v) is 18.7. The average Bonchev–Trinajstić information content (AvgIpc) is 3.10. The monoisotopic (exact) mass is 464 g/mol. The Morgan fingerprint density at radius 2 is 1.61 bits per heavy atom. The van der Waals surface area contributed by atoms with Crippen molar-refractivity contribution in [2.24, 2.45) is 0 Å². The smallest absolute Gasteiger partial charge is 0.183 e. The van der Waals surface area contributed by atoms with Gasteiger partial charge < -0.3 is 13.6 Å². The first-order valence-electron chi connectivity index (χ1n) is 11.1. The molecule has 0 fully saturated rings. The molecule has 1 heterocycles. The zero-order chi connectivity index (χ0) is 22.9. The number of benzene rings is 1. The van der Waals surface area contributed by atoms with E-state index >= 15 is 0 Å². The largest absolute Gasteiger partial charge is 0.416 e. The lowest BCUT2D eigenvalue weighted by Gasteiger charge is -2.28. The van der Waals surface area contributed by atoms with Crippen molar-refractivity contribution in [1.82, 2.24) is 19.9 Å². The fraction of sp³-hybridized carbons (Fsp3) is 0.636. The Balaban J connectivity index is 2.04. The number of aromatic nitrogens is 3. The van der Waals surface area contributed by atoms with Gasteiger partial charge in [-0.15, -0.1) is 11.7 Å². The molecule has 0 N–H and O–H groups in total. The van der Waals surface area contributed by atoms with Gasteiger partial charge >= 0.3 is 0 Å². The van der Waals surface area contributed by atoms with Gasteiger partial charge in [0.2, 0.25) is 0 Å². The van der Waals surface area contributed by atoms with Crippen LogP contribution in [-0.2, 0) is 13.6 Å². The van der Waals surface area contributed by atoms with Crippen LogP contribution in [0.5, 0.6) is 0 Å². The third-order valence-electron chi connectivity index (χ3n) is 4.63. The Bertz CT molecular complexity index is 782. The summed E-state index contributed by atoms with van der Waals surface area (Å²) in [7, 11) is -3.06. The van der Waals surface area contributed by atoms with E-state index in [1.165, 1.54) is 0 Å². The highest BCUT2D eigenvalue weighted by Gasteiger charge is 2.20. The van der Waals surface area contributed by atoms with E-state index in [-0.39, 0.29) is 6.23 Å². The molecule has 0 aliphatic heterocycles. The van der Waals surface area contributed by atoms with Crippen LogP contribution in [0.1, 0.15) is 12.6 Å². The first kappa shape index (κ1) is 25.9. The first-order valence-corrected chi connectivity index (χ1v) is 17.9. The molecule has 174 valence electrons. The number of ether oxygens (including phenoxy) is 1. The van der Waals surface area contributed by atoms with Gasteiger partial charge in [0.05, 0.1) is 12.1 Å². The van der Waals surface area contributed by atoms with Gasteiger partial charge in [-0.05, 0) is 51.4 Å². The van der Waals surface area contributed by atoms with Crippen LogP contribution in [0.25, 0.3) is 11.0 Å². The Kier molecular flexibility index (Phi) is 10.0. The summed E-state index contributed by atoms with van der Waals surface area (Å²) in [5.74, 6) is 0. The normalized spacial score (nSPS) is 13.8. The van der Waals surface area contributed by atoms with E-state index in [0.717, 1.165) is 50.3 Å². The molecule has 0 amide bonds. The number of rotatable bonds is 15. The molecule has 7 nitrogen and oxygen atoms in total. The fourth-order valence-electron chi connectivity index (χ4n) is 3.15. The van der Waals surface area contributed by atoms with Gasteiger partial charge in [-0.1, -0.05) is 23.4 Å². The summed E-state index contributed by atoms with van der Waals surface area (Å²) in [6.07, 6.45) is 2.36. The Morgan fingerprint density at radius 1 is 1.00 bits per heavy atom. The van der Waals surface area contributed by atoms with E-state index in [0.29, 0.717) is 6.61 Å². The lowest BCUT2D eigenvalue weighted by atomic mass is 10.3. The molecule has 0 saturated carbocycles. The third kappa shape index (κ3) is 9.75. The minimum absolute atomic E-state index is 0.205. The zero-order valence-electron chi connectivity index (χ0n) is 20.1. The minimum atomic E-state index is -1.53. The van der Waals surface area contributed by atoms with Crippen molar-refractivity contribution in [3.05, 3.63) is 36.9 Å². The number of para-hydroxylation sites is 1. The highest BCUT2D eigenvalue weighted by molar-refractivity contribution is 6.70. The SMILES string of the molecule is C=CCOC(CCN(CCO[Si](C)(C)C)CCO[Si](C)(C)C)n1nnc2ccccc21. The van der Waals surface area contributed by atoms with Crippen molar-refractivity contribution in [2.75, 3.05) is 39.5 Å². The van der Waals surface area contributed by atoms with E-state index in [2.05, 4.69) is 61.1 Å². The van der Waals surface area contributed by atoms with Crippen LogP contribution in [0.2, 0.25) is 39.3 Å². The maximum Gasteiger partial charge on any atom is 0.183 e. The second kappa shape index (κ2) is 12.0. The van der Waals surface area contributed by atoms with E-state index in [1.807, 2.05) is 28.9 Å². The summed E-state index contributed by atoms with van der Waals surface area (Å²) in [5.41, 5.74) is 1.85. The van der Waals surface area contributed by atoms with E-state index < -0.39 is 16.6 Å². The van der Waals surface area contributed by atoms with Gasteiger partial charge in [0.25, 0.3) is 0 Å². The van der Waals surface area contributed by atoms with Gasteiger partial charge in [-0.2, -0.15) is 0 Å². The van der Waals surface area contributed by atoms with Gasteiger partial charge in [-0.25, -0.2) is 4.68 Å². The number of fused-ring (bicyclic) bond motifs is 1. The highest BCUT2D eigenvalue weighted by atomic mass is 28.4. The average molecular weight is 465 g/mol. The van der Waals surface area contributed by atoms with Crippen LogP contribution in [0, 0.1) is 0 Å². The Labute approximate surface area is 189 Å².